The van der Waals surface area contributed by atoms with Gasteiger partial charge in [-0.3, -0.25) is 0 Å². The summed E-state index contributed by atoms with van der Waals surface area (Å²) in [5.74, 6) is -1.25. The Morgan fingerprint density at radius 2 is 1.95 bits per heavy atom. The van der Waals surface area contributed by atoms with Crippen LogP contribution in [-0.2, 0) is 16.6 Å². The summed E-state index contributed by atoms with van der Waals surface area (Å²) in [5, 5.41) is 11.0. The topological polar surface area (TPSA) is 74.7 Å². The summed E-state index contributed by atoms with van der Waals surface area (Å²) in [5.41, 5.74) is 0.806. The molecule has 112 valence electrons. The molecule has 0 atom stereocenters. The van der Waals surface area contributed by atoms with Gasteiger partial charge in [0.25, 0.3) is 0 Å². The van der Waals surface area contributed by atoms with Crippen LogP contribution in [0.4, 0.5) is 0 Å². The maximum Gasteiger partial charge on any atom is 0.337 e. The van der Waals surface area contributed by atoms with Crippen molar-refractivity contribution >= 4 is 27.3 Å². The Balaban J connectivity index is 2.38. The first-order chi connectivity index (χ1) is 9.84. The highest BCUT2D eigenvalue weighted by molar-refractivity contribution is 7.89. The van der Waals surface area contributed by atoms with E-state index >= 15 is 0 Å². The molecule has 2 aromatic rings. The summed E-state index contributed by atoms with van der Waals surface area (Å²) < 4.78 is 26.3. The van der Waals surface area contributed by atoms with Crippen molar-refractivity contribution in [3.8, 4) is 0 Å². The number of carboxylic acid groups (broad SMARTS) is 1. The molecule has 0 spiro atoms. The second-order valence-corrected chi connectivity index (χ2v) is 7.60. The Kier molecular flexibility index (Phi) is 4.46. The number of carboxylic acids is 1. The van der Waals surface area contributed by atoms with Crippen LogP contribution in [0.1, 0.15) is 20.8 Å². The molecule has 0 saturated heterocycles. The molecule has 0 saturated carbocycles. The van der Waals surface area contributed by atoms with Crippen LogP contribution in [0.3, 0.4) is 0 Å². The molecule has 7 heteroatoms. The van der Waals surface area contributed by atoms with Crippen LogP contribution < -0.4 is 0 Å². The maximum atomic E-state index is 12.6. The van der Waals surface area contributed by atoms with Crippen LogP contribution in [-0.4, -0.2) is 30.8 Å². The third-order valence-electron chi connectivity index (χ3n) is 3.14. The highest BCUT2D eigenvalue weighted by Gasteiger charge is 2.26. The summed E-state index contributed by atoms with van der Waals surface area (Å²) >= 11 is 1.48. The Morgan fingerprint density at radius 3 is 2.52 bits per heavy atom. The van der Waals surface area contributed by atoms with Gasteiger partial charge in [0, 0.05) is 18.5 Å². The van der Waals surface area contributed by atoms with E-state index in [9.17, 15) is 13.2 Å². The molecule has 0 bridgehead atoms. The molecule has 1 aromatic carbocycles. The van der Waals surface area contributed by atoms with Gasteiger partial charge in [0.05, 0.1) is 10.5 Å². The minimum atomic E-state index is -3.85. The van der Waals surface area contributed by atoms with Gasteiger partial charge >= 0.3 is 5.97 Å². The minimum Gasteiger partial charge on any atom is -0.478 e. The predicted molar refractivity (Wildman–Crippen MR) is 81.1 cm³/mol. The van der Waals surface area contributed by atoms with E-state index in [1.54, 1.807) is 0 Å². The van der Waals surface area contributed by atoms with Gasteiger partial charge in [-0.2, -0.15) is 4.31 Å². The van der Waals surface area contributed by atoms with Crippen LogP contribution in [0, 0.1) is 6.92 Å². The molecule has 0 radical (unpaired) electrons. The van der Waals surface area contributed by atoms with Gasteiger partial charge in [-0.25, -0.2) is 13.2 Å². The van der Waals surface area contributed by atoms with Crippen molar-refractivity contribution < 1.29 is 18.3 Å². The molecule has 21 heavy (non-hydrogen) atoms. The van der Waals surface area contributed by atoms with Crippen LogP contribution in [0.2, 0.25) is 0 Å². The molecule has 0 fully saturated rings. The smallest absolute Gasteiger partial charge is 0.337 e. The number of benzene rings is 1. The maximum absolute atomic E-state index is 12.6. The number of aryl methyl sites for hydroxylation is 1. The third-order valence-corrected chi connectivity index (χ3v) is 6.01. The zero-order chi connectivity index (χ0) is 15.6. The van der Waals surface area contributed by atoms with E-state index in [2.05, 4.69) is 0 Å². The van der Waals surface area contributed by atoms with Crippen molar-refractivity contribution in [2.24, 2.45) is 0 Å². The Hall–Kier alpha value is -1.70. The van der Waals surface area contributed by atoms with Gasteiger partial charge in [0.1, 0.15) is 0 Å². The lowest BCUT2D eigenvalue weighted by Gasteiger charge is -2.18. The van der Waals surface area contributed by atoms with E-state index in [1.165, 1.54) is 47.0 Å². The highest BCUT2D eigenvalue weighted by Crippen LogP contribution is 2.23. The second kappa shape index (κ2) is 5.97. The fraction of sp³-hybridized carbons (Fsp3) is 0.214. The SMILES string of the molecule is Cc1ccsc1CN(C)S(=O)(=O)c1ccccc1C(=O)O. The van der Waals surface area contributed by atoms with Gasteiger partial charge in [-0.15, -0.1) is 11.3 Å². The Bertz CT molecular complexity index is 765. The first-order valence-electron chi connectivity index (χ1n) is 6.15. The number of sulfonamides is 1. The van der Waals surface area contributed by atoms with Crippen molar-refractivity contribution in [3.05, 3.63) is 51.7 Å². The lowest BCUT2D eigenvalue weighted by atomic mass is 10.2. The van der Waals surface area contributed by atoms with Crippen LogP contribution >= 0.6 is 11.3 Å². The zero-order valence-corrected chi connectivity index (χ0v) is 13.2. The molecule has 0 aliphatic rings. The number of hydrogen-bond donors (Lipinski definition) is 1. The van der Waals surface area contributed by atoms with Crippen LogP contribution in [0.15, 0.2) is 40.6 Å². The molecular weight excluding hydrogens is 310 g/mol. The molecule has 0 amide bonds. The number of carbonyl (C=O) groups is 1. The van der Waals surface area contributed by atoms with Gasteiger partial charge in [-0.05, 0) is 36.1 Å². The van der Waals surface area contributed by atoms with Crippen molar-refractivity contribution in [2.75, 3.05) is 7.05 Å². The lowest BCUT2D eigenvalue weighted by molar-refractivity contribution is 0.0692. The summed E-state index contributed by atoms with van der Waals surface area (Å²) in [4.78, 5) is 11.9. The number of aromatic carboxylic acids is 1. The largest absolute Gasteiger partial charge is 0.478 e. The van der Waals surface area contributed by atoms with Crippen molar-refractivity contribution in [1.29, 1.82) is 0 Å². The normalized spacial score (nSPS) is 11.8. The first kappa shape index (κ1) is 15.7. The van der Waals surface area contributed by atoms with E-state index in [0.29, 0.717) is 0 Å². The Morgan fingerprint density at radius 1 is 1.29 bits per heavy atom. The predicted octanol–water partition coefficient (Wildman–Crippen LogP) is 2.58. The van der Waals surface area contributed by atoms with E-state index in [0.717, 1.165) is 10.4 Å². The standard InChI is InChI=1S/C14H15NO4S2/c1-10-7-8-20-12(10)9-15(2)21(18,19)13-6-4-3-5-11(13)14(16)17/h3-8H,9H2,1-2H3,(H,16,17). The average molecular weight is 325 g/mol. The highest BCUT2D eigenvalue weighted by atomic mass is 32.2. The van der Waals surface area contributed by atoms with Crippen LogP contribution in [0.5, 0.6) is 0 Å². The summed E-state index contributed by atoms with van der Waals surface area (Å²) in [6.45, 7) is 2.14. The van der Waals surface area contributed by atoms with Gasteiger partial charge in [0.15, 0.2) is 0 Å². The summed E-state index contributed by atoms with van der Waals surface area (Å²) in [6.07, 6.45) is 0. The summed E-state index contributed by atoms with van der Waals surface area (Å²) in [7, 11) is -2.40. The first-order valence-corrected chi connectivity index (χ1v) is 8.47. The lowest BCUT2D eigenvalue weighted by Crippen LogP contribution is -2.27. The number of thiophene rings is 1. The molecule has 0 aliphatic carbocycles. The average Bonchev–Trinajstić information content (AvgIpc) is 2.84. The molecule has 1 aromatic heterocycles. The van der Waals surface area contributed by atoms with E-state index in [4.69, 9.17) is 5.11 Å². The molecule has 0 unspecified atom stereocenters. The molecule has 0 aliphatic heterocycles. The van der Waals surface area contributed by atoms with Crippen molar-refractivity contribution in [2.45, 2.75) is 18.4 Å². The number of hydrogen-bond acceptors (Lipinski definition) is 4. The van der Waals surface area contributed by atoms with Crippen molar-refractivity contribution in [1.82, 2.24) is 4.31 Å². The van der Waals surface area contributed by atoms with Crippen LogP contribution in [0.25, 0.3) is 0 Å². The zero-order valence-electron chi connectivity index (χ0n) is 11.6. The fourth-order valence-electron chi connectivity index (χ4n) is 1.89. The molecular formula is C14H15NO4S2. The van der Waals surface area contributed by atoms with E-state index in [-0.39, 0.29) is 17.0 Å². The monoisotopic (exact) mass is 325 g/mol. The number of rotatable bonds is 5. The quantitative estimate of drug-likeness (QED) is 0.917. The molecule has 1 heterocycles. The Labute approximate surface area is 127 Å². The second-order valence-electron chi connectivity index (χ2n) is 4.59. The number of nitrogens with zero attached hydrogens (tertiary/aromatic N) is 1. The van der Waals surface area contributed by atoms with Crippen molar-refractivity contribution in [3.63, 3.8) is 0 Å². The van der Waals surface area contributed by atoms with E-state index in [1.807, 2.05) is 18.4 Å². The minimum absolute atomic E-state index is 0.186. The van der Waals surface area contributed by atoms with Gasteiger partial charge < -0.3 is 5.11 Å². The molecule has 2 rings (SSSR count). The van der Waals surface area contributed by atoms with Gasteiger partial charge in [-0.1, -0.05) is 12.1 Å². The third kappa shape index (κ3) is 3.15. The molecule has 5 nitrogen and oxygen atoms in total. The summed E-state index contributed by atoms with van der Waals surface area (Å²) in [6, 6.07) is 7.55. The fourth-order valence-corrected chi connectivity index (χ4v) is 4.25. The molecule has 1 N–H and O–H groups in total. The van der Waals surface area contributed by atoms with E-state index < -0.39 is 16.0 Å². The van der Waals surface area contributed by atoms with Gasteiger partial charge in [0.2, 0.25) is 10.0 Å².